The van der Waals surface area contributed by atoms with E-state index < -0.39 is 0 Å². The van der Waals surface area contributed by atoms with Crippen LogP contribution in [-0.2, 0) is 0 Å². The summed E-state index contributed by atoms with van der Waals surface area (Å²) in [5, 5.41) is 6.62. The van der Waals surface area contributed by atoms with Crippen molar-refractivity contribution < 1.29 is 14.3 Å². The van der Waals surface area contributed by atoms with E-state index in [1.54, 1.807) is 56.7 Å². The highest BCUT2D eigenvalue weighted by Crippen LogP contribution is 2.30. The predicted molar refractivity (Wildman–Crippen MR) is 106 cm³/mol. The van der Waals surface area contributed by atoms with E-state index in [4.69, 9.17) is 21.1 Å². The van der Waals surface area contributed by atoms with E-state index in [2.05, 4.69) is 15.6 Å². The highest BCUT2D eigenvalue weighted by molar-refractivity contribution is 6.30. The molecule has 27 heavy (non-hydrogen) atoms. The Hall–Kier alpha value is -3.25. The first-order valence-corrected chi connectivity index (χ1v) is 8.49. The van der Waals surface area contributed by atoms with Crippen molar-refractivity contribution in [1.82, 2.24) is 4.98 Å². The van der Waals surface area contributed by atoms with E-state index in [0.29, 0.717) is 33.6 Å². The molecule has 0 saturated heterocycles. The fraction of sp³-hybridized carbons (Fsp3) is 0.100. The maximum absolute atomic E-state index is 12.4. The normalized spacial score (nSPS) is 10.2. The van der Waals surface area contributed by atoms with Gasteiger partial charge in [0.2, 0.25) is 0 Å². The molecule has 2 aromatic carbocycles. The lowest BCUT2D eigenvalue weighted by molar-refractivity contribution is 0.102. The van der Waals surface area contributed by atoms with Crippen LogP contribution in [0.4, 0.5) is 17.2 Å². The quantitative estimate of drug-likeness (QED) is 0.642. The molecule has 0 spiro atoms. The molecule has 0 unspecified atom stereocenters. The second kappa shape index (κ2) is 8.42. The third-order valence-electron chi connectivity index (χ3n) is 3.78. The number of nitrogens with one attached hydrogen (secondary N) is 2. The fourth-order valence-electron chi connectivity index (χ4n) is 2.40. The molecule has 3 rings (SSSR count). The number of halogens is 1. The Labute approximate surface area is 162 Å². The molecule has 7 heteroatoms. The summed E-state index contributed by atoms with van der Waals surface area (Å²) in [5.41, 5.74) is 1.89. The Bertz CT molecular complexity index is 928. The van der Waals surface area contributed by atoms with E-state index in [-0.39, 0.29) is 5.91 Å². The number of rotatable bonds is 6. The maximum Gasteiger partial charge on any atom is 0.257 e. The van der Waals surface area contributed by atoms with Crippen LogP contribution in [-0.4, -0.2) is 25.1 Å². The maximum atomic E-state index is 12.4. The van der Waals surface area contributed by atoms with E-state index in [9.17, 15) is 4.79 Å². The molecule has 0 radical (unpaired) electrons. The average Bonchev–Trinajstić information content (AvgIpc) is 2.70. The zero-order valence-corrected chi connectivity index (χ0v) is 15.6. The lowest BCUT2D eigenvalue weighted by Gasteiger charge is -2.11. The Morgan fingerprint density at radius 1 is 0.926 bits per heavy atom. The molecule has 1 heterocycles. The van der Waals surface area contributed by atoms with E-state index in [0.717, 1.165) is 5.69 Å². The Morgan fingerprint density at radius 3 is 2.26 bits per heavy atom. The van der Waals surface area contributed by atoms with Crippen LogP contribution in [0.1, 0.15) is 10.4 Å². The standard InChI is InChI=1S/C20H18ClN3O3/c1-26-17-9-8-16(11-18(17)27-2)24-20(25)13-3-10-19(22-12-13)23-15-6-4-14(21)5-7-15/h3-12H,1-2H3,(H,22,23)(H,24,25). The summed E-state index contributed by atoms with van der Waals surface area (Å²) in [5.74, 6) is 1.48. The van der Waals surface area contributed by atoms with Gasteiger partial charge in [-0.2, -0.15) is 0 Å². The third-order valence-corrected chi connectivity index (χ3v) is 4.04. The number of hydrogen-bond acceptors (Lipinski definition) is 5. The molecule has 0 bridgehead atoms. The SMILES string of the molecule is COc1ccc(NC(=O)c2ccc(Nc3ccc(Cl)cc3)nc2)cc1OC. The molecule has 1 aromatic heterocycles. The number of aromatic nitrogens is 1. The van der Waals surface area contributed by atoms with E-state index >= 15 is 0 Å². The van der Waals surface area contributed by atoms with Crippen molar-refractivity contribution in [2.75, 3.05) is 24.9 Å². The molecule has 0 atom stereocenters. The molecule has 0 saturated carbocycles. The van der Waals surface area contributed by atoms with Gasteiger partial charge in [-0.25, -0.2) is 4.98 Å². The fourth-order valence-corrected chi connectivity index (χ4v) is 2.53. The average molecular weight is 384 g/mol. The molecule has 138 valence electrons. The monoisotopic (exact) mass is 383 g/mol. The van der Waals surface area contributed by atoms with Crippen molar-refractivity contribution >= 4 is 34.7 Å². The van der Waals surface area contributed by atoms with Crippen LogP contribution in [0.5, 0.6) is 11.5 Å². The molecule has 0 aliphatic heterocycles. The molecular formula is C20H18ClN3O3. The van der Waals surface area contributed by atoms with Crippen LogP contribution in [0.3, 0.4) is 0 Å². The highest BCUT2D eigenvalue weighted by atomic mass is 35.5. The summed E-state index contributed by atoms with van der Waals surface area (Å²) in [6, 6.07) is 15.9. The molecular weight excluding hydrogens is 366 g/mol. The van der Waals surface area contributed by atoms with Crippen LogP contribution in [0, 0.1) is 0 Å². The van der Waals surface area contributed by atoms with Gasteiger partial charge in [-0.05, 0) is 48.5 Å². The van der Waals surface area contributed by atoms with Gasteiger partial charge in [-0.15, -0.1) is 0 Å². The van der Waals surface area contributed by atoms with Crippen LogP contribution in [0.15, 0.2) is 60.8 Å². The Balaban J connectivity index is 1.67. The number of carbonyl (C=O) groups is 1. The smallest absolute Gasteiger partial charge is 0.257 e. The molecule has 1 amide bonds. The third kappa shape index (κ3) is 4.68. The van der Waals surface area contributed by atoms with Crippen molar-refractivity contribution in [2.24, 2.45) is 0 Å². The minimum absolute atomic E-state index is 0.271. The number of amides is 1. The number of carbonyl (C=O) groups excluding carboxylic acids is 1. The van der Waals surface area contributed by atoms with Gasteiger partial charge in [0.15, 0.2) is 11.5 Å². The first kappa shape index (κ1) is 18.5. The summed E-state index contributed by atoms with van der Waals surface area (Å²) in [6.45, 7) is 0. The number of benzene rings is 2. The molecule has 6 nitrogen and oxygen atoms in total. The number of anilines is 3. The van der Waals surface area contributed by atoms with E-state index in [1.165, 1.54) is 6.20 Å². The summed E-state index contributed by atoms with van der Waals surface area (Å²) < 4.78 is 10.4. The van der Waals surface area contributed by atoms with Crippen LogP contribution in [0.25, 0.3) is 0 Å². The van der Waals surface area contributed by atoms with Crippen molar-refractivity contribution in [2.45, 2.75) is 0 Å². The summed E-state index contributed by atoms with van der Waals surface area (Å²) >= 11 is 5.87. The summed E-state index contributed by atoms with van der Waals surface area (Å²) in [4.78, 5) is 16.7. The lowest BCUT2D eigenvalue weighted by atomic mass is 10.2. The topological polar surface area (TPSA) is 72.5 Å². The van der Waals surface area contributed by atoms with Gasteiger partial charge in [0, 0.05) is 28.7 Å². The predicted octanol–water partition coefficient (Wildman–Crippen LogP) is 4.75. The van der Waals surface area contributed by atoms with E-state index in [1.807, 2.05) is 12.1 Å². The zero-order chi connectivity index (χ0) is 19.2. The summed E-state index contributed by atoms with van der Waals surface area (Å²) in [6.07, 6.45) is 1.51. The molecule has 3 aromatic rings. The first-order chi connectivity index (χ1) is 13.1. The highest BCUT2D eigenvalue weighted by Gasteiger charge is 2.10. The number of pyridine rings is 1. The first-order valence-electron chi connectivity index (χ1n) is 8.11. The largest absolute Gasteiger partial charge is 0.493 e. The van der Waals surface area contributed by atoms with Crippen LogP contribution >= 0.6 is 11.6 Å². The summed E-state index contributed by atoms with van der Waals surface area (Å²) in [7, 11) is 3.10. The van der Waals surface area contributed by atoms with Gasteiger partial charge in [0.05, 0.1) is 19.8 Å². The number of hydrogen-bond donors (Lipinski definition) is 2. The molecule has 2 N–H and O–H groups in total. The van der Waals surface area contributed by atoms with Gasteiger partial charge in [-0.3, -0.25) is 4.79 Å². The molecule has 0 aliphatic rings. The molecule has 0 aliphatic carbocycles. The minimum Gasteiger partial charge on any atom is -0.493 e. The van der Waals surface area contributed by atoms with Crippen molar-refractivity contribution in [1.29, 1.82) is 0 Å². The van der Waals surface area contributed by atoms with Gasteiger partial charge in [0.1, 0.15) is 5.82 Å². The van der Waals surface area contributed by atoms with Crippen molar-refractivity contribution in [3.05, 3.63) is 71.4 Å². The van der Waals surface area contributed by atoms with Crippen molar-refractivity contribution in [3.8, 4) is 11.5 Å². The Kier molecular flexibility index (Phi) is 5.78. The zero-order valence-electron chi connectivity index (χ0n) is 14.8. The number of ether oxygens (including phenoxy) is 2. The van der Waals surface area contributed by atoms with Crippen LogP contribution in [0.2, 0.25) is 5.02 Å². The Morgan fingerprint density at radius 2 is 1.63 bits per heavy atom. The van der Waals surface area contributed by atoms with Crippen molar-refractivity contribution in [3.63, 3.8) is 0 Å². The van der Waals surface area contributed by atoms with Gasteiger partial charge in [0.25, 0.3) is 5.91 Å². The second-order valence-electron chi connectivity index (χ2n) is 5.59. The number of methoxy groups -OCH3 is 2. The van der Waals surface area contributed by atoms with Gasteiger partial charge < -0.3 is 20.1 Å². The minimum atomic E-state index is -0.271. The van der Waals surface area contributed by atoms with Gasteiger partial charge >= 0.3 is 0 Å². The lowest BCUT2D eigenvalue weighted by Crippen LogP contribution is -2.12. The number of nitrogens with zero attached hydrogens (tertiary/aromatic N) is 1. The second-order valence-corrected chi connectivity index (χ2v) is 6.02. The van der Waals surface area contributed by atoms with Gasteiger partial charge in [-0.1, -0.05) is 11.6 Å². The molecule has 0 fully saturated rings. The van der Waals surface area contributed by atoms with Crippen LogP contribution < -0.4 is 20.1 Å².